The molecule has 2 aliphatic heterocycles. The number of rotatable bonds is 7. The van der Waals surface area contributed by atoms with Gasteiger partial charge in [0.2, 0.25) is 11.8 Å². The number of nitrogens with zero attached hydrogens (tertiary/aromatic N) is 3. The summed E-state index contributed by atoms with van der Waals surface area (Å²) >= 11 is 0. The SMILES string of the molecule is COCCN1C[C@H](C(=O)N2C[C@@H](O)[C@H](N(C)CC(=O)O)C2)CC1=O. The minimum Gasteiger partial charge on any atom is -0.480 e. The summed E-state index contributed by atoms with van der Waals surface area (Å²) in [6.45, 7) is 1.49. The zero-order chi connectivity index (χ0) is 17.9. The molecule has 2 rings (SSSR count). The fourth-order valence-corrected chi connectivity index (χ4v) is 3.33. The summed E-state index contributed by atoms with van der Waals surface area (Å²) in [6, 6.07) is -0.410. The van der Waals surface area contributed by atoms with Gasteiger partial charge in [-0.25, -0.2) is 0 Å². The molecule has 0 aliphatic carbocycles. The number of likely N-dealkylation sites (tertiary alicyclic amines) is 2. The van der Waals surface area contributed by atoms with Crippen molar-refractivity contribution in [3.63, 3.8) is 0 Å². The van der Waals surface area contributed by atoms with Crippen LogP contribution < -0.4 is 0 Å². The van der Waals surface area contributed by atoms with Crippen molar-refractivity contribution in [3.8, 4) is 0 Å². The lowest BCUT2D eigenvalue weighted by Gasteiger charge is -2.25. The number of amides is 2. The molecule has 2 amide bonds. The fourth-order valence-electron chi connectivity index (χ4n) is 3.33. The molecule has 0 radical (unpaired) electrons. The number of aliphatic carboxylic acids is 1. The monoisotopic (exact) mass is 343 g/mol. The van der Waals surface area contributed by atoms with Crippen LogP contribution in [0.5, 0.6) is 0 Å². The van der Waals surface area contributed by atoms with Crippen molar-refractivity contribution in [1.82, 2.24) is 14.7 Å². The lowest BCUT2D eigenvalue weighted by Crippen LogP contribution is -2.43. The van der Waals surface area contributed by atoms with Gasteiger partial charge in [0.15, 0.2) is 0 Å². The van der Waals surface area contributed by atoms with Crippen LogP contribution in [0.1, 0.15) is 6.42 Å². The molecule has 2 saturated heterocycles. The Hall–Kier alpha value is -1.71. The van der Waals surface area contributed by atoms with E-state index in [0.717, 1.165) is 0 Å². The molecule has 0 aromatic carbocycles. The third kappa shape index (κ3) is 4.22. The summed E-state index contributed by atoms with van der Waals surface area (Å²) in [6.07, 6.45) is -0.620. The molecule has 9 nitrogen and oxygen atoms in total. The molecule has 2 fully saturated rings. The second-order valence-corrected chi connectivity index (χ2v) is 6.42. The number of aliphatic hydroxyl groups excluding tert-OH is 1. The van der Waals surface area contributed by atoms with Gasteiger partial charge < -0.3 is 24.7 Å². The molecule has 136 valence electrons. The van der Waals surface area contributed by atoms with E-state index in [0.29, 0.717) is 19.7 Å². The van der Waals surface area contributed by atoms with Crippen LogP contribution >= 0.6 is 0 Å². The number of carbonyl (C=O) groups excluding carboxylic acids is 2. The molecule has 3 atom stereocenters. The zero-order valence-corrected chi connectivity index (χ0v) is 14.1. The highest BCUT2D eigenvalue weighted by molar-refractivity contribution is 5.89. The molecule has 0 aromatic rings. The quantitative estimate of drug-likeness (QED) is 0.554. The number of methoxy groups -OCH3 is 1. The first-order valence-electron chi connectivity index (χ1n) is 7.99. The maximum atomic E-state index is 12.6. The maximum Gasteiger partial charge on any atom is 0.317 e. The summed E-state index contributed by atoms with van der Waals surface area (Å²) in [7, 11) is 3.17. The second kappa shape index (κ2) is 7.91. The van der Waals surface area contributed by atoms with Gasteiger partial charge in [-0.05, 0) is 7.05 Å². The second-order valence-electron chi connectivity index (χ2n) is 6.42. The van der Waals surface area contributed by atoms with Crippen molar-refractivity contribution in [3.05, 3.63) is 0 Å². The topological polar surface area (TPSA) is 111 Å². The van der Waals surface area contributed by atoms with Gasteiger partial charge in [0, 0.05) is 39.7 Å². The van der Waals surface area contributed by atoms with E-state index in [1.807, 2.05) is 0 Å². The van der Waals surface area contributed by atoms with Crippen molar-refractivity contribution >= 4 is 17.8 Å². The van der Waals surface area contributed by atoms with Gasteiger partial charge in [0.05, 0.1) is 31.2 Å². The third-order valence-corrected chi connectivity index (χ3v) is 4.65. The molecule has 9 heteroatoms. The number of carboxylic acids is 1. The highest BCUT2D eigenvalue weighted by atomic mass is 16.5. The van der Waals surface area contributed by atoms with Crippen LogP contribution in [0, 0.1) is 5.92 Å². The average Bonchev–Trinajstić information content (AvgIpc) is 3.07. The minimum absolute atomic E-state index is 0.0651. The smallest absolute Gasteiger partial charge is 0.317 e. The number of aliphatic hydroxyl groups is 1. The summed E-state index contributed by atoms with van der Waals surface area (Å²) in [5.41, 5.74) is 0. The van der Waals surface area contributed by atoms with Crippen LogP contribution in [0.4, 0.5) is 0 Å². The molecular formula is C15H25N3O6. The first kappa shape index (κ1) is 18.6. The van der Waals surface area contributed by atoms with Crippen LogP contribution in [-0.4, -0.2) is 108 Å². The summed E-state index contributed by atoms with van der Waals surface area (Å²) in [5.74, 6) is -1.62. The van der Waals surface area contributed by atoms with Gasteiger partial charge in [0.1, 0.15) is 0 Å². The Balaban J connectivity index is 1.92. The minimum atomic E-state index is -0.982. The lowest BCUT2D eigenvalue weighted by molar-refractivity contribution is -0.138. The van der Waals surface area contributed by atoms with Crippen LogP contribution in [0.25, 0.3) is 0 Å². The fraction of sp³-hybridized carbons (Fsp3) is 0.800. The normalized spacial score (nSPS) is 27.3. The highest BCUT2D eigenvalue weighted by Gasteiger charge is 2.42. The molecule has 0 bridgehead atoms. The van der Waals surface area contributed by atoms with Crippen LogP contribution in [-0.2, 0) is 19.1 Å². The van der Waals surface area contributed by atoms with Crippen molar-refractivity contribution in [2.24, 2.45) is 5.92 Å². The number of carboxylic acid groups (broad SMARTS) is 1. The third-order valence-electron chi connectivity index (χ3n) is 4.65. The van der Waals surface area contributed by atoms with E-state index in [9.17, 15) is 19.5 Å². The molecule has 2 N–H and O–H groups in total. The molecule has 2 heterocycles. The Labute approximate surface area is 140 Å². The molecular weight excluding hydrogens is 318 g/mol. The molecule has 0 unspecified atom stereocenters. The van der Waals surface area contributed by atoms with Crippen molar-refractivity contribution in [2.45, 2.75) is 18.6 Å². The summed E-state index contributed by atoms with van der Waals surface area (Å²) in [5, 5.41) is 19.0. The van der Waals surface area contributed by atoms with Gasteiger partial charge in [-0.1, -0.05) is 0 Å². The Morgan fingerprint density at radius 1 is 1.33 bits per heavy atom. The van der Waals surface area contributed by atoms with Crippen LogP contribution in [0.15, 0.2) is 0 Å². The number of β-amino-alcohol motifs (C(OH)–C–C–N with tert-alkyl or cyclic N) is 1. The number of likely N-dealkylation sites (N-methyl/N-ethyl adjacent to an activating group) is 1. The first-order valence-corrected chi connectivity index (χ1v) is 7.99. The summed E-state index contributed by atoms with van der Waals surface area (Å²) < 4.78 is 4.96. The number of hydrogen-bond acceptors (Lipinski definition) is 6. The van der Waals surface area contributed by atoms with E-state index < -0.39 is 24.0 Å². The summed E-state index contributed by atoms with van der Waals surface area (Å²) in [4.78, 5) is 40.0. The Morgan fingerprint density at radius 3 is 2.67 bits per heavy atom. The first-order chi connectivity index (χ1) is 11.3. The molecule has 2 aliphatic rings. The number of ether oxygens (including phenoxy) is 1. The molecule has 0 aromatic heterocycles. The average molecular weight is 343 g/mol. The van der Waals surface area contributed by atoms with E-state index in [-0.39, 0.29) is 37.9 Å². The number of hydrogen-bond donors (Lipinski definition) is 2. The van der Waals surface area contributed by atoms with Crippen molar-refractivity contribution < 1.29 is 29.3 Å². The van der Waals surface area contributed by atoms with E-state index in [1.54, 1.807) is 19.1 Å². The van der Waals surface area contributed by atoms with Gasteiger partial charge in [0.25, 0.3) is 0 Å². The van der Waals surface area contributed by atoms with Crippen LogP contribution in [0.3, 0.4) is 0 Å². The predicted octanol–water partition coefficient (Wildman–Crippen LogP) is -1.93. The van der Waals surface area contributed by atoms with Crippen molar-refractivity contribution in [2.75, 3.05) is 53.5 Å². The standard InChI is InChI=1S/C15H25N3O6/c1-16(9-14(21)22)11-7-18(8-12(11)19)15(23)10-5-13(20)17(6-10)3-4-24-2/h10-12,19H,3-9H2,1-2H3,(H,21,22)/t10-,11-,12-/m1/s1. The highest BCUT2D eigenvalue weighted by Crippen LogP contribution is 2.23. The molecule has 0 spiro atoms. The maximum absolute atomic E-state index is 12.6. The Morgan fingerprint density at radius 2 is 2.04 bits per heavy atom. The van der Waals surface area contributed by atoms with Gasteiger partial charge in [-0.15, -0.1) is 0 Å². The molecule has 24 heavy (non-hydrogen) atoms. The largest absolute Gasteiger partial charge is 0.480 e. The Bertz CT molecular complexity index is 500. The zero-order valence-electron chi connectivity index (χ0n) is 14.1. The van der Waals surface area contributed by atoms with E-state index in [2.05, 4.69) is 0 Å². The number of carbonyl (C=O) groups is 3. The van der Waals surface area contributed by atoms with E-state index >= 15 is 0 Å². The van der Waals surface area contributed by atoms with Crippen LogP contribution in [0.2, 0.25) is 0 Å². The van der Waals surface area contributed by atoms with Gasteiger partial charge in [-0.2, -0.15) is 0 Å². The molecule has 0 saturated carbocycles. The predicted molar refractivity (Wildman–Crippen MR) is 83.2 cm³/mol. The van der Waals surface area contributed by atoms with Crippen molar-refractivity contribution in [1.29, 1.82) is 0 Å². The van der Waals surface area contributed by atoms with Gasteiger partial charge >= 0.3 is 5.97 Å². The lowest BCUT2D eigenvalue weighted by atomic mass is 10.1. The van der Waals surface area contributed by atoms with Gasteiger partial charge in [-0.3, -0.25) is 19.3 Å². The Kier molecular flexibility index (Phi) is 6.14. The van der Waals surface area contributed by atoms with E-state index in [1.165, 1.54) is 9.80 Å². The van der Waals surface area contributed by atoms with E-state index in [4.69, 9.17) is 9.84 Å².